The van der Waals surface area contributed by atoms with Crippen LogP contribution in [0, 0.1) is 5.82 Å². The molecule has 6 rings (SSSR count). The van der Waals surface area contributed by atoms with Crippen molar-refractivity contribution >= 4 is 33.4 Å². The lowest BCUT2D eigenvalue weighted by Gasteiger charge is -2.11. The Hall–Kier alpha value is -4.02. The molecule has 6 heterocycles. The lowest BCUT2D eigenvalue weighted by molar-refractivity contribution is 0.402. The van der Waals surface area contributed by atoms with E-state index in [2.05, 4.69) is 30.1 Å². The first-order chi connectivity index (χ1) is 16.6. The van der Waals surface area contributed by atoms with E-state index < -0.39 is 5.82 Å². The molecule has 0 bridgehead atoms. The molecular formula is C24H19FN8S. The molecule has 0 aromatic carbocycles. The van der Waals surface area contributed by atoms with Crippen molar-refractivity contribution in [3.63, 3.8) is 0 Å². The van der Waals surface area contributed by atoms with E-state index in [9.17, 15) is 0 Å². The number of imidazole rings is 1. The van der Waals surface area contributed by atoms with E-state index >= 15 is 4.39 Å². The van der Waals surface area contributed by atoms with E-state index in [0.717, 1.165) is 21.7 Å². The van der Waals surface area contributed by atoms with Crippen molar-refractivity contribution in [2.45, 2.75) is 6.54 Å². The number of fused-ring (bicyclic) bond motifs is 2. The summed E-state index contributed by atoms with van der Waals surface area (Å²) < 4.78 is 15.9. The number of hydrogen-bond donors (Lipinski definition) is 2. The molecular weight excluding hydrogens is 451 g/mol. The topological polar surface area (TPSA) is 99.3 Å². The molecule has 6 aromatic rings. The van der Waals surface area contributed by atoms with Crippen LogP contribution in [0.25, 0.3) is 55.3 Å². The number of nitrogens with one attached hydrogen (secondary N) is 2. The van der Waals surface area contributed by atoms with Crippen LogP contribution in [0.3, 0.4) is 0 Å². The number of hydrogen-bond acceptors (Lipinski definition) is 7. The van der Waals surface area contributed by atoms with Crippen LogP contribution in [-0.4, -0.2) is 54.1 Å². The minimum absolute atomic E-state index is 0.278. The first-order valence-electron chi connectivity index (χ1n) is 10.6. The molecule has 34 heavy (non-hydrogen) atoms. The van der Waals surface area contributed by atoms with Crippen molar-refractivity contribution in [1.29, 1.82) is 0 Å². The molecule has 10 heteroatoms. The molecule has 6 aromatic heterocycles. The highest BCUT2D eigenvalue weighted by atomic mass is 32.1. The van der Waals surface area contributed by atoms with Gasteiger partial charge < -0.3 is 9.88 Å². The number of nitrogens with zero attached hydrogens (tertiary/aromatic N) is 6. The monoisotopic (exact) mass is 470 g/mol. The molecule has 0 aliphatic rings. The van der Waals surface area contributed by atoms with E-state index in [-0.39, 0.29) is 5.39 Å². The Labute approximate surface area is 197 Å². The Bertz CT molecular complexity index is 1630. The number of thiophene rings is 1. The molecule has 0 unspecified atom stereocenters. The minimum Gasteiger partial charge on any atom is -0.336 e. The van der Waals surface area contributed by atoms with Gasteiger partial charge in [-0.3, -0.25) is 15.1 Å². The molecule has 0 aliphatic carbocycles. The van der Waals surface area contributed by atoms with Gasteiger partial charge in [-0.05, 0) is 43.2 Å². The molecule has 0 saturated heterocycles. The average Bonchev–Trinajstić information content (AvgIpc) is 3.57. The Balaban J connectivity index is 1.50. The van der Waals surface area contributed by atoms with Crippen molar-refractivity contribution in [1.82, 2.24) is 40.0 Å². The average molecular weight is 471 g/mol. The second-order valence-electron chi connectivity index (χ2n) is 8.22. The van der Waals surface area contributed by atoms with Crippen LogP contribution in [-0.2, 0) is 6.54 Å². The third-order valence-corrected chi connectivity index (χ3v) is 6.39. The van der Waals surface area contributed by atoms with Gasteiger partial charge in [0.05, 0.1) is 15.8 Å². The summed E-state index contributed by atoms with van der Waals surface area (Å²) in [4.78, 5) is 24.3. The number of pyridine rings is 3. The highest BCUT2D eigenvalue weighted by molar-refractivity contribution is 7.13. The summed E-state index contributed by atoms with van der Waals surface area (Å²) in [5, 5.41) is 9.45. The Morgan fingerprint density at radius 3 is 2.82 bits per heavy atom. The third kappa shape index (κ3) is 3.44. The molecule has 168 valence electrons. The van der Waals surface area contributed by atoms with Crippen molar-refractivity contribution in [3.8, 4) is 33.2 Å². The van der Waals surface area contributed by atoms with E-state index in [0.29, 0.717) is 40.4 Å². The summed E-state index contributed by atoms with van der Waals surface area (Å²) in [6, 6.07) is 7.75. The van der Waals surface area contributed by atoms with Gasteiger partial charge in [0, 0.05) is 42.5 Å². The molecule has 8 nitrogen and oxygen atoms in total. The van der Waals surface area contributed by atoms with E-state index in [1.54, 1.807) is 29.9 Å². The maximum atomic E-state index is 15.9. The fourth-order valence-corrected chi connectivity index (χ4v) is 4.78. The molecule has 2 N–H and O–H groups in total. The second kappa shape index (κ2) is 8.08. The van der Waals surface area contributed by atoms with Gasteiger partial charge in [0.15, 0.2) is 11.5 Å². The highest BCUT2D eigenvalue weighted by Gasteiger charge is 2.21. The van der Waals surface area contributed by atoms with Crippen LogP contribution in [0.1, 0.15) is 5.56 Å². The van der Waals surface area contributed by atoms with Crippen molar-refractivity contribution in [2.75, 3.05) is 14.1 Å². The first-order valence-corrected chi connectivity index (χ1v) is 11.5. The van der Waals surface area contributed by atoms with E-state index in [1.807, 2.05) is 48.6 Å². The van der Waals surface area contributed by atoms with Crippen LogP contribution < -0.4 is 0 Å². The second-order valence-corrected chi connectivity index (χ2v) is 9.17. The number of aromatic nitrogens is 7. The molecule has 0 spiro atoms. The third-order valence-electron chi connectivity index (χ3n) is 5.51. The van der Waals surface area contributed by atoms with Crippen LogP contribution in [0.4, 0.5) is 4.39 Å². The standard InChI is InChI=1S/C24H19FN8S/c1-33(2)12-13-8-14(10-26-9-13)15-11-28-23-18(19(15)25)22(31-32-23)24-29-16-5-6-27-21(20(16)30-24)17-4-3-7-34-17/h3-11H,12H2,1-2H3,(H,29,30)(H,28,31,32). The van der Waals surface area contributed by atoms with Gasteiger partial charge in [-0.15, -0.1) is 11.3 Å². The number of halogens is 1. The van der Waals surface area contributed by atoms with Gasteiger partial charge >= 0.3 is 0 Å². The summed E-state index contributed by atoms with van der Waals surface area (Å²) >= 11 is 1.59. The Morgan fingerprint density at radius 1 is 1.09 bits per heavy atom. The smallest absolute Gasteiger partial charge is 0.159 e. The van der Waals surface area contributed by atoms with Gasteiger partial charge in [0.25, 0.3) is 0 Å². The van der Waals surface area contributed by atoms with Gasteiger partial charge in [-0.1, -0.05) is 6.07 Å². The minimum atomic E-state index is -0.422. The Morgan fingerprint density at radius 2 is 2.00 bits per heavy atom. The van der Waals surface area contributed by atoms with Crippen LogP contribution >= 0.6 is 11.3 Å². The van der Waals surface area contributed by atoms with Crippen LogP contribution in [0.15, 0.2) is 54.4 Å². The normalized spacial score (nSPS) is 11.8. The lowest BCUT2D eigenvalue weighted by atomic mass is 10.1. The molecule has 0 radical (unpaired) electrons. The molecule has 0 amide bonds. The van der Waals surface area contributed by atoms with Crippen LogP contribution in [0.5, 0.6) is 0 Å². The molecule has 0 atom stereocenters. The lowest BCUT2D eigenvalue weighted by Crippen LogP contribution is -2.10. The zero-order chi connectivity index (χ0) is 23.2. The zero-order valence-corrected chi connectivity index (χ0v) is 19.2. The predicted molar refractivity (Wildman–Crippen MR) is 131 cm³/mol. The van der Waals surface area contributed by atoms with Crippen molar-refractivity contribution in [2.24, 2.45) is 0 Å². The summed E-state index contributed by atoms with van der Waals surface area (Å²) in [5.74, 6) is 0.0269. The molecule has 0 fully saturated rings. The highest BCUT2D eigenvalue weighted by Crippen LogP contribution is 2.34. The first kappa shape index (κ1) is 20.6. The maximum absolute atomic E-state index is 15.9. The predicted octanol–water partition coefficient (Wildman–Crippen LogP) is 4.89. The molecule has 0 saturated carbocycles. The maximum Gasteiger partial charge on any atom is 0.159 e. The SMILES string of the molecule is CN(C)Cc1cncc(-c2cnc3[nH]nc(-c4nc5c(-c6cccs6)nccc5[nH]4)c3c2F)c1. The zero-order valence-electron chi connectivity index (χ0n) is 18.4. The van der Waals surface area contributed by atoms with Gasteiger partial charge in [-0.2, -0.15) is 5.10 Å². The fraction of sp³-hybridized carbons (Fsp3) is 0.125. The van der Waals surface area contributed by atoms with E-state index in [1.165, 1.54) is 6.20 Å². The van der Waals surface area contributed by atoms with Crippen molar-refractivity contribution < 1.29 is 4.39 Å². The van der Waals surface area contributed by atoms with E-state index in [4.69, 9.17) is 4.98 Å². The van der Waals surface area contributed by atoms with Crippen molar-refractivity contribution in [3.05, 3.63) is 65.8 Å². The number of H-pyrrole nitrogens is 2. The van der Waals surface area contributed by atoms with Gasteiger partial charge in [0.1, 0.15) is 22.7 Å². The summed E-state index contributed by atoms with van der Waals surface area (Å²) in [6.07, 6.45) is 6.67. The fourth-order valence-electron chi connectivity index (χ4n) is 4.05. The quantitative estimate of drug-likeness (QED) is 0.372. The summed E-state index contributed by atoms with van der Waals surface area (Å²) in [7, 11) is 3.96. The number of rotatable bonds is 5. The summed E-state index contributed by atoms with van der Waals surface area (Å²) in [5.41, 5.74) is 5.01. The number of aromatic amines is 2. The van der Waals surface area contributed by atoms with Crippen LogP contribution in [0.2, 0.25) is 0 Å². The molecule has 0 aliphatic heterocycles. The Kier molecular flexibility index (Phi) is 4.89. The largest absolute Gasteiger partial charge is 0.336 e. The van der Waals surface area contributed by atoms with Gasteiger partial charge in [0.2, 0.25) is 0 Å². The summed E-state index contributed by atoms with van der Waals surface area (Å²) in [6.45, 7) is 0.703. The van der Waals surface area contributed by atoms with Gasteiger partial charge in [-0.25, -0.2) is 14.4 Å².